The second-order valence-corrected chi connectivity index (χ2v) is 8.60. The zero-order chi connectivity index (χ0) is 21.8. The van der Waals surface area contributed by atoms with E-state index in [2.05, 4.69) is 10.5 Å². The van der Waals surface area contributed by atoms with Gasteiger partial charge in [0.05, 0.1) is 6.54 Å². The molecule has 8 heteroatoms. The van der Waals surface area contributed by atoms with E-state index in [0.717, 1.165) is 5.56 Å². The van der Waals surface area contributed by atoms with Crippen LogP contribution in [0.3, 0.4) is 0 Å². The summed E-state index contributed by atoms with van der Waals surface area (Å²) in [5, 5.41) is 7.07. The van der Waals surface area contributed by atoms with E-state index >= 15 is 0 Å². The third-order valence-corrected chi connectivity index (χ3v) is 4.81. The molecule has 2 amide bonds. The van der Waals surface area contributed by atoms with Gasteiger partial charge in [-0.25, -0.2) is 9.59 Å². The first-order valence-corrected chi connectivity index (χ1v) is 10.1. The van der Waals surface area contributed by atoms with Gasteiger partial charge in [-0.05, 0) is 46.1 Å². The molecule has 8 nitrogen and oxygen atoms in total. The van der Waals surface area contributed by atoms with Crippen LogP contribution in [-0.4, -0.2) is 40.9 Å². The molecule has 2 aromatic rings. The summed E-state index contributed by atoms with van der Waals surface area (Å²) in [5.41, 5.74) is -0.0856. The van der Waals surface area contributed by atoms with Crippen LogP contribution < -0.4 is 5.32 Å². The maximum absolute atomic E-state index is 12.7. The van der Waals surface area contributed by atoms with Crippen molar-refractivity contribution >= 4 is 12.2 Å². The minimum atomic E-state index is -0.913. The summed E-state index contributed by atoms with van der Waals surface area (Å²) in [4.78, 5) is 26.9. The molecule has 1 unspecified atom stereocenters. The lowest BCUT2D eigenvalue weighted by molar-refractivity contribution is 0.0303. The molecule has 0 aliphatic carbocycles. The molecule has 0 saturated carbocycles. The molecule has 1 aromatic heterocycles. The summed E-state index contributed by atoms with van der Waals surface area (Å²) in [5.74, 6) is 0.624. The molecule has 30 heavy (non-hydrogen) atoms. The van der Waals surface area contributed by atoms with Crippen LogP contribution in [0, 0.1) is 6.92 Å². The van der Waals surface area contributed by atoms with Crippen molar-refractivity contribution < 1.29 is 23.6 Å². The van der Waals surface area contributed by atoms with E-state index < -0.39 is 23.3 Å². The number of nitrogens with one attached hydrogen (secondary N) is 1. The number of hydrogen-bond acceptors (Lipinski definition) is 6. The quantitative estimate of drug-likeness (QED) is 0.807. The highest BCUT2D eigenvalue weighted by atomic mass is 16.6. The Kier molecular flexibility index (Phi) is 6.34. The van der Waals surface area contributed by atoms with Crippen molar-refractivity contribution in [3.8, 4) is 0 Å². The fraction of sp³-hybridized carbons (Fsp3) is 0.500. The van der Waals surface area contributed by atoms with Crippen LogP contribution in [0.25, 0.3) is 0 Å². The van der Waals surface area contributed by atoms with Crippen LogP contribution in [0.15, 0.2) is 40.9 Å². The zero-order valence-electron chi connectivity index (χ0n) is 17.9. The highest BCUT2D eigenvalue weighted by molar-refractivity contribution is 5.71. The van der Waals surface area contributed by atoms with Crippen LogP contribution >= 0.6 is 0 Å². The predicted molar refractivity (Wildman–Crippen MR) is 110 cm³/mol. The van der Waals surface area contributed by atoms with Crippen molar-refractivity contribution in [1.29, 1.82) is 0 Å². The van der Waals surface area contributed by atoms with Gasteiger partial charge in [-0.15, -0.1) is 0 Å². The Morgan fingerprint density at radius 1 is 1.27 bits per heavy atom. The number of likely N-dealkylation sites (tertiary alicyclic amines) is 1. The molecule has 1 N–H and O–H groups in total. The molecular formula is C22H29N3O5. The summed E-state index contributed by atoms with van der Waals surface area (Å²) in [6.45, 7) is 8.11. The summed E-state index contributed by atoms with van der Waals surface area (Å²) in [6, 6.07) is 11.3. The minimum absolute atomic E-state index is 0.186. The molecular weight excluding hydrogens is 386 g/mol. The molecule has 1 aliphatic heterocycles. The number of amides is 2. The molecule has 0 radical (unpaired) electrons. The molecule has 0 spiro atoms. The summed E-state index contributed by atoms with van der Waals surface area (Å²) < 4.78 is 16.2. The fourth-order valence-electron chi connectivity index (χ4n) is 3.49. The van der Waals surface area contributed by atoms with E-state index in [4.69, 9.17) is 14.0 Å². The smallest absolute Gasteiger partial charge is 0.410 e. The van der Waals surface area contributed by atoms with E-state index in [1.165, 1.54) is 0 Å². The average molecular weight is 415 g/mol. The van der Waals surface area contributed by atoms with Gasteiger partial charge in [-0.3, -0.25) is 0 Å². The fourth-order valence-corrected chi connectivity index (χ4v) is 3.49. The van der Waals surface area contributed by atoms with Gasteiger partial charge < -0.3 is 24.2 Å². The first-order chi connectivity index (χ1) is 14.2. The molecule has 2 heterocycles. The molecule has 1 aromatic carbocycles. The number of benzene rings is 1. The number of ether oxygens (including phenoxy) is 2. The van der Waals surface area contributed by atoms with Crippen molar-refractivity contribution in [1.82, 2.24) is 15.4 Å². The van der Waals surface area contributed by atoms with Crippen LogP contribution in [0.2, 0.25) is 0 Å². The predicted octanol–water partition coefficient (Wildman–Crippen LogP) is 4.14. The van der Waals surface area contributed by atoms with Gasteiger partial charge in [0.25, 0.3) is 0 Å². The molecule has 162 valence electrons. The maximum Gasteiger partial charge on any atom is 0.410 e. The van der Waals surface area contributed by atoms with Crippen molar-refractivity contribution in [2.75, 3.05) is 13.1 Å². The number of hydrogen-bond donors (Lipinski definition) is 1. The first-order valence-electron chi connectivity index (χ1n) is 10.1. The van der Waals surface area contributed by atoms with Crippen LogP contribution in [0.4, 0.5) is 9.59 Å². The maximum atomic E-state index is 12.7. The van der Waals surface area contributed by atoms with E-state index in [9.17, 15) is 9.59 Å². The van der Waals surface area contributed by atoms with E-state index in [0.29, 0.717) is 30.8 Å². The number of aryl methyl sites for hydroxylation is 1. The number of carbonyl (C=O) groups is 2. The number of alkyl carbamates (subject to hydrolysis) is 1. The summed E-state index contributed by atoms with van der Waals surface area (Å²) in [7, 11) is 0. The number of piperidine rings is 1. The highest BCUT2D eigenvalue weighted by Gasteiger charge is 2.43. The topological polar surface area (TPSA) is 93.9 Å². The Labute approximate surface area is 176 Å². The van der Waals surface area contributed by atoms with E-state index in [1.807, 2.05) is 30.3 Å². The minimum Gasteiger partial charge on any atom is -0.445 e. The van der Waals surface area contributed by atoms with Gasteiger partial charge in [0.1, 0.15) is 29.2 Å². The van der Waals surface area contributed by atoms with Crippen molar-refractivity contribution in [3.05, 3.63) is 53.4 Å². The van der Waals surface area contributed by atoms with Gasteiger partial charge in [0, 0.05) is 12.6 Å². The second-order valence-electron chi connectivity index (χ2n) is 8.60. The van der Waals surface area contributed by atoms with Gasteiger partial charge >= 0.3 is 12.2 Å². The van der Waals surface area contributed by atoms with Gasteiger partial charge in [0.15, 0.2) is 0 Å². The van der Waals surface area contributed by atoms with Crippen LogP contribution in [-0.2, 0) is 21.6 Å². The normalized spacial score (nSPS) is 19.3. The van der Waals surface area contributed by atoms with Crippen molar-refractivity contribution in [3.63, 3.8) is 0 Å². The number of carbonyl (C=O) groups excluding carboxylic acids is 2. The highest BCUT2D eigenvalue weighted by Crippen LogP contribution is 2.32. The van der Waals surface area contributed by atoms with Gasteiger partial charge in [-0.2, -0.15) is 0 Å². The van der Waals surface area contributed by atoms with E-state index in [-0.39, 0.29) is 13.2 Å². The Morgan fingerprint density at radius 3 is 2.63 bits per heavy atom. The van der Waals surface area contributed by atoms with Crippen LogP contribution in [0.5, 0.6) is 0 Å². The van der Waals surface area contributed by atoms with Gasteiger partial charge in [-0.1, -0.05) is 35.5 Å². The number of aromatic nitrogens is 1. The Hall–Kier alpha value is -3.03. The number of nitrogens with zero attached hydrogens (tertiary/aromatic N) is 2. The van der Waals surface area contributed by atoms with Crippen molar-refractivity contribution in [2.24, 2.45) is 0 Å². The molecule has 1 fully saturated rings. The molecule has 1 aliphatic rings. The largest absolute Gasteiger partial charge is 0.445 e. The lowest BCUT2D eigenvalue weighted by Crippen LogP contribution is -2.58. The third-order valence-electron chi connectivity index (χ3n) is 4.81. The summed E-state index contributed by atoms with van der Waals surface area (Å²) >= 11 is 0. The number of rotatable bonds is 4. The Balaban J connectivity index is 1.75. The second kappa shape index (κ2) is 8.77. The molecule has 0 bridgehead atoms. The van der Waals surface area contributed by atoms with E-state index in [1.54, 1.807) is 38.7 Å². The Morgan fingerprint density at radius 2 is 2.00 bits per heavy atom. The Bertz CT molecular complexity index is 874. The van der Waals surface area contributed by atoms with Crippen molar-refractivity contribution in [2.45, 2.75) is 58.3 Å². The SMILES string of the molecule is Cc1cc(C2(NC(=O)OC(C)(C)C)CCCN(C(=O)OCc3ccccc3)C2)no1. The molecule has 1 saturated heterocycles. The zero-order valence-corrected chi connectivity index (χ0v) is 17.9. The molecule has 1 atom stereocenters. The standard InChI is InChI=1S/C22H29N3O5/c1-16-13-18(24-30-16)22(23-19(26)29-21(2,3)4)11-8-12-25(15-22)20(27)28-14-17-9-6-5-7-10-17/h5-7,9-10,13H,8,11-12,14-15H2,1-4H3,(H,23,26). The average Bonchev–Trinajstić information content (AvgIpc) is 3.12. The van der Waals surface area contributed by atoms with Crippen LogP contribution in [0.1, 0.15) is 50.6 Å². The lowest BCUT2D eigenvalue weighted by atomic mass is 9.86. The monoisotopic (exact) mass is 415 g/mol. The molecule has 3 rings (SSSR count). The van der Waals surface area contributed by atoms with Gasteiger partial charge in [0.2, 0.25) is 0 Å². The lowest BCUT2D eigenvalue weighted by Gasteiger charge is -2.41. The summed E-state index contributed by atoms with van der Waals surface area (Å²) in [6.07, 6.45) is 0.264. The third kappa shape index (κ3) is 5.52. The first kappa shape index (κ1) is 21.7.